The van der Waals surface area contributed by atoms with E-state index in [1.165, 1.54) is 17.8 Å². The zero-order valence-corrected chi connectivity index (χ0v) is 25.2. The zero-order valence-electron chi connectivity index (χ0n) is 24.4. The van der Waals surface area contributed by atoms with Crippen molar-refractivity contribution in [2.75, 3.05) is 18.2 Å². The van der Waals surface area contributed by atoms with Crippen LogP contribution in [-0.4, -0.2) is 56.8 Å². The monoisotopic (exact) mass is 621 g/mol. The van der Waals surface area contributed by atoms with Crippen molar-refractivity contribution < 1.29 is 28.6 Å². The maximum absolute atomic E-state index is 15.1. The van der Waals surface area contributed by atoms with Gasteiger partial charge in [0.2, 0.25) is 11.8 Å². The Balaban J connectivity index is 1.40. The first-order valence-electron chi connectivity index (χ1n) is 14.5. The molecule has 1 aromatic carbocycles. The molecule has 4 heterocycles. The van der Waals surface area contributed by atoms with Gasteiger partial charge in [-0.2, -0.15) is 0 Å². The van der Waals surface area contributed by atoms with Crippen LogP contribution in [0.3, 0.4) is 0 Å². The molecule has 13 heteroatoms. The standard InChI is InChI=1S/C31H32FN5O6S/c1-3-31(42)20-8-23-28-18(12-37(23)29(40)19(20)13-43-30(31)41)26-16(11-34-24(38)6-7-44-14-35-25(39)10-33)4-5-17-15(2)21(32)9-22(36-28)27(17)26/h8-9,11,16,42H,3-7,10,12-14,33H2,1-2H3,(H,35,39)/t16?,31-/m0/s1. The normalized spacial score (nSPS) is 19.9. The highest BCUT2D eigenvalue weighted by Gasteiger charge is 2.45. The minimum Gasteiger partial charge on any atom is -0.458 e. The highest BCUT2D eigenvalue weighted by Crippen LogP contribution is 2.46. The zero-order chi connectivity index (χ0) is 31.3. The Labute approximate surface area is 256 Å². The number of aliphatic imine (C=N–C) groups is 1. The predicted molar refractivity (Wildman–Crippen MR) is 163 cm³/mol. The number of aliphatic hydroxyl groups is 1. The van der Waals surface area contributed by atoms with Crippen LogP contribution in [0.1, 0.15) is 65.5 Å². The van der Waals surface area contributed by atoms with E-state index in [9.17, 15) is 24.3 Å². The number of ether oxygens (including phenoxy) is 1. The Hall–Kier alpha value is -3.94. The number of nitrogens with zero attached hydrogens (tertiary/aromatic N) is 3. The molecule has 1 unspecified atom stereocenters. The molecule has 0 radical (unpaired) electrons. The molecule has 2 aliphatic heterocycles. The van der Waals surface area contributed by atoms with E-state index in [-0.39, 0.29) is 72.8 Å². The molecule has 230 valence electrons. The number of halogens is 1. The number of carbonyl (C=O) groups excluding carboxylic acids is 3. The van der Waals surface area contributed by atoms with Gasteiger partial charge in [-0.15, -0.1) is 11.8 Å². The fourth-order valence-corrected chi connectivity index (χ4v) is 7.14. The van der Waals surface area contributed by atoms with E-state index in [0.29, 0.717) is 46.9 Å². The predicted octanol–water partition coefficient (Wildman–Crippen LogP) is 2.31. The lowest BCUT2D eigenvalue weighted by atomic mass is 9.78. The number of aromatic nitrogens is 2. The summed E-state index contributed by atoms with van der Waals surface area (Å²) in [6.45, 7) is 3.23. The van der Waals surface area contributed by atoms with Crippen LogP contribution in [0.25, 0.3) is 22.3 Å². The Bertz CT molecular complexity index is 1840. The maximum atomic E-state index is 15.1. The fraction of sp³-hybridized carbons (Fsp3) is 0.419. The van der Waals surface area contributed by atoms with Crippen LogP contribution < -0.4 is 16.6 Å². The number of benzene rings is 1. The first kappa shape index (κ1) is 30.1. The van der Waals surface area contributed by atoms with Gasteiger partial charge in [-0.25, -0.2) is 19.2 Å². The lowest BCUT2D eigenvalue weighted by molar-refractivity contribution is -0.172. The van der Waals surface area contributed by atoms with Crippen LogP contribution >= 0.6 is 11.8 Å². The number of nitrogens with one attached hydrogen (secondary N) is 1. The molecule has 11 nitrogen and oxygen atoms in total. The number of esters is 1. The molecule has 3 aliphatic rings. The van der Waals surface area contributed by atoms with Crippen molar-refractivity contribution in [2.45, 2.75) is 64.2 Å². The van der Waals surface area contributed by atoms with Gasteiger partial charge < -0.3 is 25.5 Å². The molecule has 2 aromatic heterocycles. The van der Waals surface area contributed by atoms with Gasteiger partial charge in [-0.3, -0.25) is 14.4 Å². The van der Waals surface area contributed by atoms with Crippen LogP contribution in [0, 0.1) is 12.7 Å². The summed E-state index contributed by atoms with van der Waals surface area (Å²) in [6, 6.07) is 3.02. The second kappa shape index (κ2) is 11.5. The van der Waals surface area contributed by atoms with Gasteiger partial charge in [-0.1, -0.05) is 6.92 Å². The molecule has 1 aliphatic carbocycles. The summed E-state index contributed by atoms with van der Waals surface area (Å²) < 4.78 is 21.8. The number of thioether (sulfide) groups is 1. The van der Waals surface area contributed by atoms with Gasteiger partial charge >= 0.3 is 5.97 Å². The molecule has 0 saturated carbocycles. The number of amides is 2. The number of hydrogen-bond acceptors (Lipinski definition) is 9. The van der Waals surface area contributed by atoms with Crippen LogP contribution in [0.5, 0.6) is 0 Å². The highest BCUT2D eigenvalue weighted by atomic mass is 32.2. The molecule has 3 aromatic rings. The summed E-state index contributed by atoms with van der Waals surface area (Å²) in [5.41, 5.74) is 7.69. The lowest BCUT2D eigenvalue weighted by Crippen LogP contribution is -2.44. The summed E-state index contributed by atoms with van der Waals surface area (Å²) in [4.78, 5) is 59.3. The number of fused-ring (bicyclic) bond motifs is 5. The lowest BCUT2D eigenvalue weighted by Gasteiger charge is -2.31. The minimum atomic E-state index is -1.96. The van der Waals surface area contributed by atoms with Crippen molar-refractivity contribution in [3.8, 4) is 11.4 Å². The van der Waals surface area contributed by atoms with E-state index in [1.54, 1.807) is 30.7 Å². The van der Waals surface area contributed by atoms with Crippen LogP contribution in [0.15, 0.2) is 21.9 Å². The largest absolute Gasteiger partial charge is 0.458 e. The molecule has 0 spiro atoms. The first-order chi connectivity index (χ1) is 21.1. The third kappa shape index (κ3) is 4.83. The smallest absolute Gasteiger partial charge is 0.343 e. The molecule has 44 heavy (non-hydrogen) atoms. The van der Waals surface area contributed by atoms with Crippen molar-refractivity contribution >= 4 is 46.7 Å². The van der Waals surface area contributed by atoms with Gasteiger partial charge in [0.15, 0.2) is 5.60 Å². The summed E-state index contributed by atoms with van der Waals surface area (Å²) in [6.07, 6.45) is 2.99. The van der Waals surface area contributed by atoms with Gasteiger partial charge in [-0.05, 0) is 48.9 Å². The van der Waals surface area contributed by atoms with E-state index in [1.807, 2.05) is 0 Å². The van der Waals surface area contributed by atoms with Gasteiger partial charge in [0.1, 0.15) is 12.4 Å². The van der Waals surface area contributed by atoms with Crippen molar-refractivity contribution in [2.24, 2.45) is 10.7 Å². The van der Waals surface area contributed by atoms with E-state index in [4.69, 9.17) is 15.5 Å². The van der Waals surface area contributed by atoms with Crippen molar-refractivity contribution in [3.63, 3.8) is 0 Å². The van der Waals surface area contributed by atoms with Crippen LogP contribution in [0.2, 0.25) is 0 Å². The molecular weight excluding hydrogens is 589 g/mol. The van der Waals surface area contributed by atoms with Crippen molar-refractivity contribution in [1.29, 1.82) is 0 Å². The number of rotatable bonds is 8. The quantitative estimate of drug-likeness (QED) is 0.116. The number of hydrogen-bond donors (Lipinski definition) is 3. The number of cyclic esters (lactones) is 1. The minimum absolute atomic E-state index is 0.0201. The molecular formula is C31H32FN5O6S. The summed E-state index contributed by atoms with van der Waals surface area (Å²) >= 11 is 1.39. The summed E-state index contributed by atoms with van der Waals surface area (Å²) in [5, 5.41) is 14.7. The Morgan fingerprint density at radius 2 is 2.11 bits per heavy atom. The Kier molecular flexibility index (Phi) is 7.89. The molecule has 2 amide bonds. The SMILES string of the molecule is CC[C@@]1(O)C(=O)OCc2c1cc1n(c2=O)Cc2c-1nc1cc(F)c(C)c3c1c2C(C=NC(=O)CCSCNC(=O)CN)CC3. The maximum Gasteiger partial charge on any atom is 0.343 e. The topological polar surface area (TPSA) is 166 Å². The molecule has 2 atom stereocenters. The van der Waals surface area contributed by atoms with Crippen molar-refractivity contribution in [3.05, 3.63) is 61.7 Å². The second-order valence-electron chi connectivity index (χ2n) is 11.2. The number of carbonyl (C=O) groups is 3. The first-order valence-corrected chi connectivity index (χ1v) is 15.7. The summed E-state index contributed by atoms with van der Waals surface area (Å²) in [5.74, 6) is -1.22. The van der Waals surface area contributed by atoms with Gasteiger partial charge in [0, 0.05) is 46.9 Å². The second-order valence-corrected chi connectivity index (χ2v) is 12.3. The summed E-state index contributed by atoms with van der Waals surface area (Å²) in [7, 11) is 0. The Morgan fingerprint density at radius 1 is 1.32 bits per heavy atom. The average molecular weight is 622 g/mol. The Morgan fingerprint density at radius 3 is 2.86 bits per heavy atom. The van der Waals surface area contributed by atoms with Crippen molar-refractivity contribution in [1.82, 2.24) is 14.9 Å². The molecule has 0 bridgehead atoms. The van der Waals surface area contributed by atoms with E-state index in [0.717, 1.165) is 22.1 Å². The molecule has 0 fully saturated rings. The van der Waals surface area contributed by atoms with Gasteiger partial charge in [0.25, 0.3) is 5.56 Å². The number of aryl methyl sites for hydroxylation is 1. The molecule has 6 rings (SSSR count). The third-order valence-electron chi connectivity index (χ3n) is 8.84. The van der Waals surface area contributed by atoms with Crippen LogP contribution in [-0.2, 0) is 44.3 Å². The van der Waals surface area contributed by atoms with E-state index < -0.39 is 11.6 Å². The van der Waals surface area contributed by atoms with E-state index in [2.05, 4.69) is 10.3 Å². The van der Waals surface area contributed by atoms with Gasteiger partial charge in [0.05, 0.1) is 41.4 Å². The van der Waals surface area contributed by atoms with Crippen LogP contribution in [0.4, 0.5) is 4.39 Å². The highest BCUT2D eigenvalue weighted by molar-refractivity contribution is 7.99. The molecule has 0 saturated heterocycles. The molecule has 4 N–H and O–H groups in total. The van der Waals surface area contributed by atoms with E-state index >= 15 is 4.39 Å². The number of pyridine rings is 2. The average Bonchev–Trinajstić information content (AvgIpc) is 3.39. The fourth-order valence-electron chi connectivity index (χ4n) is 6.41. The third-order valence-corrected chi connectivity index (χ3v) is 9.68. The number of nitrogens with two attached hydrogens (primary N) is 1.